The van der Waals surface area contributed by atoms with Gasteiger partial charge in [0, 0.05) is 17.4 Å². The van der Waals surface area contributed by atoms with Crippen molar-refractivity contribution in [3.8, 4) is 0 Å². The van der Waals surface area contributed by atoms with Gasteiger partial charge in [0.2, 0.25) is 10.0 Å². The molecule has 1 fully saturated rings. The van der Waals surface area contributed by atoms with Crippen LogP contribution in [0.4, 0.5) is 0 Å². The molecule has 0 bridgehead atoms. The maximum atomic E-state index is 12.5. The number of nitrogens with zero attached hydrogens (tertiary/aromatic N) is 1. The number of benzene rings is 1. The molecule has 1 aromatic rings. The zero-order chi connectivity index (χ0) is 15.1. The van der Waals surface area contributed by atoms with Crippen molar-refractivity contribution in [1.82, 2.24) is 4.31 Å². The van der Waals surface area contributed by atoms with Crippen LogP contribution in [0.15, 0.2) is 27.6 Å². The fraction of sp³-hybridized carbons (Fsp3) is 0.364. The van der Waals surface area contributed by atoms with E-state index in [-0.39, 0.29) is 22.9 Å². The Balaban J connectivity index is 2.46. The Hall–Kier alpha value is -0.670. The van der Waals surface area contributed by atoms with E-state index in [4.69, 9.17) is 16.7 Å². The third-order valence-corrected chi connectivity index (χ3v) is 5.85. The van der Waals surface area contributed by atoms with Crippen molar-refractivity contribution < 1.29 is 23.4 Å². The summed E-state index contributed by atoms with van der Waals surface area (Å²) >= 11 is 9.07. The third kappa shape index (κ3) is 2.84. The summed E-state index contributed by atoms with van der Waals surface area (Å²) in [7, 11) is -4.07. The van der Waals surface area contributed by atoms with Gasteiger partial charge in [0.05, 0.1) is 11.1 Å². The SMILES string of the molecule is O=C(O)[C@@H]1C[C@H](O)CN1S(=O)(=O)c1ccc(Br)cc1Cl. The minimum Gasteiger partial charge on any atom is -0.480 e. The Kier molecular flexibility index (Phi) is 4.41. The van der Waals surface area contributed by atoms with Crippen LogP contribution in [-0.2, 0) is 14.8 Å². The van der Waals surface area contributed by atoms with E-state index in [9.17, 15) is 18.3 Å². The van der Waals surface area contributed by atoms with Gasteiger partial charge in [-0.2, -0.15) is 4.31 Å². The molecule has 0 aromatic heterocycles. The summed E-state index contributed by atoms with van der Waals surface area (Å²) in [5, 5.41) is 18.6. The number of β-amino-alcohol motifs (C(OH)–C–C–N with tert-alkyl or cyclic N) is 1. The van der Waals surface area contributed by atoms with Gasteiger partial charge in [-0.15, -0.1) is 0 Å². The molecule has 0 unspecified atom stereocenters. The third-order valence-electron chi connectivity index (χ3n) is 3.00. The van der Waals surface area contributed by atoms with E-state index >= 15 is 0 Å². The first-order chi connectivity index (χ1) is 9.23. The molecule has 1 heterocycles. The van der Waals surface area contributed by atoms with E-state index < -0.39 is 28.1 Å². The molecule has 0 spiro atoms. The standard InChI is InChI=1S/C11H11BrClNO5S/c12-6-1-2-10(8(13)3-6)20(18,19)14-5-7(15)4-9(14)11(16)17/h1-3,7,9,15H,4-5H2,(H,16,17)/t7-,9-/m0/s1. The van der Waals surface area contributed by atoms with Crippen LogP contribution in [0, 0.1) is 0 Å². The normalized spacial score (nSPS) is 23.9. The molecular weight excluding hydrogens is 374 g/mol. The number of hydrogen-bond acceptors (Lipinski definition) is 4. The quantitative estimate of drug-likeness (QED) is 0.819. The van der Waals surface area contributed by atoms with Gasteiger partial charge in [-0.3, -0.25) is 4.79 Å². The van der Waals surface area contributed by atoms with Gasteiger partial charge in [0.1, 0.15) is 10.9 Å². The lowest BCUT2D eigenvalue weighted by Crippen LogP contribution is -2.40. The average molecular weight is 385 g/mol. The molecule has 0 aliphatic carbocycles. The molecule has 1 saturated heterocycles. The van der Waals surface area contributed by atoms with E-state index in [0.717, 1.165) is 4.31 Å². The van der Waals surface area contributed by atoms with E-state index in [0.29, 0.717) is 4.47 Å². The van der Waals surface area contributed by atoms with Crippen molar-refractivity contribution in [2.75, 3.05) is 6.54 Å². The van der Waals surface area contributed by atoms with Crippen molar-refractivity contribution >= 4 is 43.5 Å². The number of halogens is 2. The van der Waals surface area contributed by atoms with Crippen LogP contribution in [0.3, 0.4) is 0 Å². The summed E-state index contributed by atoms with van der Waals surface area (Å²) in [4.78, 5) is 10.9. The van der Waals surface area contributed by atoms with Gasteiger partial charge in [-0.25, -0.2) is 8.42 Å². The first-order valence-electron chi connectivity index (χ1n) is 5.61. The van der Waals surface area contributed by atoms with Crippen LogP contribution in [0.25, 0.3) is 0 Å². The number of aliphatic hydroxyl groups excluding tert-OH is 1. The van der Waals surface area contributed by atoms with Gasteiger partial charge in [-0.05, 0) is 18.2 Å². The molecule has 20 heavy (non-hydrogen) atoms. The topological polar surface area (TPSA) is 94.9 Å². The van der Waals surface area contributed by atoms with Crippen LogP contribution in [0.2, 0.25) is 5.02 Å². The molecule has 0 saturated carbocycles. The largest absolute Gasteiger partial charge is 0.480 e. The van der Waals surface area contributed by atoms with E-state index in [2.05, 4.69) is 15.9 Å². The first kappa shape index (κ1) is 15.7. The summed E-state index contributed by atoms with van der Waals surface area (Å²) in [5.74, 6) is -1.29. The highest BCUT2D eigenvalue weighted by molar-refractivity contribution is 9.10. The van der Waals surface area contributed by atoms with Gasteiger partial charge in [-0.1, -0.05) is 27.5 Å². The summed E-state index contributed by atoms with van der Waals surface area (Å²) in [6.07, 6.45) is -1.14. The predicted octanol–water partition coefficient (Wildman–Crippen LogP) is 1.31. The van der Waals surface area contributed by atoms with Crippen LogP contribution >= 0.6 is 27.5 Å². The molecule has 2 atom stereocenters. The number of sulfonamides is 1. The molecule has 2 rings (SSSR count). The summed E-state index contributed by atoms with van der Waals surface area (Å²) < 4.78 is 26.3. The molecular formula is C11H11BrClNO5S. The van der Waals surface area contributed by atoms with Gasteiger partial charge in [0.15, 0.2) is 0 Å². The number of hydrogen-bond donors (Lipinski definition) is 2. The Morgan fingerprint density at radius 2 is 2.10 bits per heavy atom. The molecule has 1 aromatic carbocycles. The highest BCUT2D eigenvalue weighted by atomic mass is 79.9. The first-order valence-corrected chi connectivity index (χ1v) is 8.22. The second kappa shape index (κ2) is 5.61. The molecule has 110 valence electrons. The zero-order valence-corrected chi connectivity index (χ0v) is 13.2. The maximum Gasteiger partial charge on any atom is 0.322 e. The summed E-state index contributed by atoms with van der Waals surface area (Å²) in [6.45, 7) is -0.258. The van der Waals surface area contributed by atoms with Crippen molar-refractivity contribution in [2.24, 2.45) is 0 Å². The number of rotatable bonds is 3. The number of carboxylic acid groups (broad SMARTS) is 1. The summed E-state index contributed by atoms with van der Waals surface area (Å²) in [6, 6.07) is 2.93. The Labute approximate surface area is 129 Å². The van der Waals surface area contributed by atoms with E-state index in [1.807, 2.05) is 0 Å². The molecule has 0 amide bonds. The number of carboxylic acids is 1. The average Bonchev–Trinajstić information content (AvgIpc) is 2.71. The second-order valence-electron chi connectivity index (χ2n) is 4.39. The fourth-order valence-corrected chi connectivity index (χ4v) is 4.73. The van der Waals surface area contributed by atoms with Crippen LogP contribution in [0.5, 0.6) is 0 Å². The molecule has 9 heteroatoms. The zero-order valence-electron chi connectivity index (χ0n) is 10.0. The lowest BCUT2D eigenvalue weighted by molar-refractivity contribution is -0.140. The molecule has 0 radical (unpaired) electrons. The van der Waals surface area contributed by atoms with Crippen molar-refractivity contribution in [2.45, 2.75) is 23.5 Å². The number of carbonyl (C=O) groups is 1. The van der Waals surface area contributed by atoms with Gasteiger partial charge >= 0.3 is 5.97 Å². The lowest BCUT2D eigenvalue weighted by atomic mass is 10.2. The van der Waals surface area contributed by atoms with Gasteiger partial charge < -0.3 is 10.2 Å². The van der Waals surface area contributed by atoms with Crippen LogP contribution in [-0.4, -0.2) is 47.6 Å². The van der Waals surface area contributed by atoms with Crippen molar-refractivity contribution in [3.63, 3.8) is 0 Å². The van der Waals surface area contributed by atoms with Crippen LogP contribution < -0.4 is 0 Å². The van der Waals surface area contributed by atoms with E-state index in [1.165, 1.54) is 18.2 Å². The maximum absolute atomic E-state index is 12.5. The predicted molar refractivity (Wildman–Crippen MR) is 75.1 cm³/mol. The highest BCUT2D eigenvalue weighted by Crippen LogP contribution is 2.32. The lowest BCUT2D eigenvalue weighted by Gasteiger charge is -2.21. The number of aliphatic carboxylic acids is 1. The highest BCUT2D eigenvalue weighted by Gasteiger charge is 2.44. The van der Waals surface area contributed by atoms with E-state index in [1.54, 1.807) is 0 Å². The van der Waals surface area contributed by atoms with Crippen molar-refractivity contribution in [3.05, 3.63) is 27.7 Å². The Morgan fingerprint density at radius 1 is 1.45 bits per heavy atom. The monoisotopic (exact) mass is 383 g/mol. The van der Waals surface area contributed by atoms with Crippen molar-refractivity contribution in [1.29, 1.82) is 0 Å². The Morgan fingerprint density at radius 3 is 2.65 bits per heavy atom. The molecule has 1 aliphatic rings. The smallest absolute Gasteiger partial charge is 0.322 e. The minimum atomic E-state index is -4.07. The fourth-order valence-electron chi connectivity index (χ4n) is 2.09. The Bertz CT molecular complexity index is 650. The second-order valence-corrected chi connectivity index (χ2v) is 7.57. The molecule has 1 aliphatic heterocycles. The number of aliphatic hydroxyl groups is 1. The molecule has 2 N–H and O–H groups in total. The molecule has 6 nitrogen and oxygen atoms in total. The minimum absolute atomic E-state index is 0.00935. The summed E-state index contributed by atoms with van der Waals surface area (Å²) in [5.41, 5.74) is 0. The van der Waals surface area contributed by atoms with Gasteiger partial charge in [0.25, 0.3) is 0 Å². The van der Waals surface area contributed by atoms with Crippen LogP contribution in [0.1, 0.15) is 6.42 Å².